The van der Waals surface area contributed by atoms with Gasteiger partial charge in [0.05, 0.1) is 6.54 Å². The second-order valence-electron chi connectivity index (χ2n) is 6.88. The van der Waals surface area contributed by atoms with Gasteiger partial charge in [0.2, 0.25) is 0 Å². The molecule has 30 heavy (non-hydrogen) atoms. The lowest BCUT2D eigenvalue weighted by Gasteiger charge is -2.23. The Kier molecular flexibility index (Phi) is 12.4. The summed E-state index contributed by atoms with van der Waals surface area (Å²) in [5.74, 6) is 3.44. The third kappa shape index (κ3) is 8.47. The molecule has 2 rings (SSSR count). The first-order valence-electron chi connectivity index (χ1n) is 10.1. The van der Waals surface area contributed by atoms with E-state index in [9.17, 15) is 0 Å². The second kappa shape index (κ2) is 14.2. The number of aryl methyl sites for hydroxylation is 2. The van der Waals surface area contributed by atoms with Crippen LogP contribution in [0.2, 0.25) is 0 Å². The van der Waals surface area contributed by atoms with Crippen molar-refractivity contribution in [1.82, 2.24) is 25.0 Å². The topological polar surface area (TPSA) is 76.8 Å². The number of halogens is 1. The van der Waals surface area contributed by atoms with Gasteiger partial charge in [0.25, 0.3) is 0 Å². The largest absolute Gasteiger partial charge is 0.491 e. The van der Waals surface area contributed by atoms with Crippen molar-refractivity contribution in [3.63, 3.8) is 0 Å². The van der Waals surface area contributed by atoms with Crippen molar-refractivity contribution in [2.24, 2.45) is 12.0 Å². The normalized spacial score (nSPS) is 11.2. The number of hydrogen-bond donors (Lipinski definition) is 1. The summed E-state index contributed by atoms with van der Waals surface area (Å²) in [4.78, 5) is 6.81. The van der Waals surface area contributed by atoms with Gasteiger partial charge in [-0.1, -0.05) is 18.2 Å². The van der Waals surface area contributed by atoms with Gasteiger partial charge in [-0.2, -0.15) is 0 Å². The van der Waals surface area contributed by atoms with Crippen LogP contribution >= 0.6 is 24.0 Å². The summed E-state index contributed by atoms with van der Waals surface area (Å²) in [6.07, 6.45) is 0.920. The Labute approximate surface area is 197 Å². The van der Waals surface area contributed by atoms with E-state index in [0.717, 1.165) is 55.1 Å². The summed E-state index contributed by atoms with van der Waals surface area (Å²) in [6.45, 7) is 10.0. The predicted molar refractivity (Wildman–Crippen MR) is 131 cm³/mol. The Hall–Kier alpha value is -1.88. The zero-order chi connectivity index (χ0) is 21.1. The molecule has 0 aliphatic carbocycles. The lowest BCUT2D eigenvalue weighted by Crippen LogP contribution is -2.41. The molecular weight excluding hydrogens is 495 g/mol. The summed E-state index contributed by atoms with van der Waals surface area (Å²) >= 11 is 0. The van der Waals surface area contributed by atoms with Gasteiger partial charge in [-0.3, -0.25) is 0 Å². The summed E-state index contributed by atoms with van der Waals surface area (Å²) < 4.78 is 13.3. The molecule has 0 saturated heterocycles. The van der Waals surface area contributed by atoms with Gasteiger partial charge in [0.1, 0.15) is 24.7 Å². The number of nitrogens with zero attached hydrogens (tertiary/aromatic N) is 5. The SMILES string of the molecule is CCOCCCNC(=NCc1nnc(C)n1C)N(C)CCOc1ccccc1C.I. The highest BCUT2D eigenvalue weighted by Gasteiger charge is 2.09. The molecule has 2 aromatic rings. The number of aliphatic imine (C=N–C) groups is 1. The van der Waals surface area contributed by atoms with E-state index in [0.29, 0.717) is 19.7 Å². The van der Waals surface area contributed by atoms with Crippen molar-refractivity contribution < 1.29 is 9.47 Å². The highest BCUT2D eigenvalue weighted by molar-refractivity contribution is 14.0. The maximum Gasteiger partial charge on any atom is 0.194 e. The van der Waals surface area contributed by atoms with Crippen LogP contribution in [0.4, 0.5) is 0 Å². The molecule has 1 aromatic heterocycles. The van der Waals surface area contributed by atoms with Crippen molar-refractivity contribution in [3.05, 3.63) is 41.5 Å². The molecule has 0 aliphatic rings. The highest BCUT2D eigenvalue weighted by atomic mass is 127. The van der Waals surface area contributed by atoms with Crippen LogP contribution in [0.3, 0.4) is 0 Å². The van der Waals surface area contributed by atoms with Crippen LogP contribution in [0, 0.1) is 13.8 Å². The first-order valence-corrected chi connectivity index (χ1v) is 10.1. The summed E-state index contributed by atoms with van der Waals surface area (Å²) in [5, 5.41) is 11.7. The van der Waals surface area contributed by atoms with Gasteiger partial charge in [0, 0.05) is 33.9 Å². The van der Waals surface area contributed by atoms with E-state index in [-0.39, 0.29) is 24.0 Å². The number of aromatic nitrogens is 3. The van der Waals surface area contributed by atoms with Crippen molar-refractivity contribution in [2.45, 2.75) is 33.7 Å². The smallest absolute Gasteiger partial charge is 0.194 e. The van der Waals surface area contributed by atoms with Gasteiger partial charge in [-0.15, -0.1) is 34.2 Å². The van der Waals surface area contributed by atoms with Gasteiger partial charge in [-0.05, 0) is 38.8 Å². The van der Waals surface area contributed by atoms with Gasteiger partial charge < -0.3 is 24.3 Å². The average molecular weight is 530 g/mol. The molecular formula is C21H35IN6O2. The van der Waals surface area contributed by atoms with Crippen LogP contribution < -0.4 is 10.1 Å². The fraction of sp³-hybridized carbons (Fsp3) is 0.571. The molecule has 0 aliphatic heterocycles. The summed E-state index contributed by atoms with van der Waals surface area (Å²) in [5.41, 5.74) is 1.13. The molecule has 0 spiro atoms. The number of benzene rings is 1. The molecule has 1 heterocycles. The Balaban J connectivity index is 0.00000450. The lowest BCUT2D eigenvalue weighted by molar-refractivity contribution is 0.145. The van der Waals surface area contributed by atoms with E-state index < -0.39 is 0 Å². The highest BCUT2D eigenvalue weighted by Crippen LogP contribution is 2.15. The van der Waals surface area contributed by atoms with Gasteiger partial charge in [-0.25, -0.2) is 4.99 Å². The quantitative estimate of drug-likeness (QED) is 0.209. The summed E-state index contributed by atoms with van der Waals surface area (Å²) in [6, 6.07) is 8.04. The third-order valence-corrected chi connectivity index (χ3v) is 4.65. The van der Waals surface area contributed by atoms with Crippen molar-refractivity contribution in [2.75, 3.05) is 40.0 Å². The van der Waals surface area contributed by atoms with Crippen molar-refractivity contribution in [3.8, 4) is 5.75 Å². The Morgan fingerprint density at radius 2 is 1.97 bits per heavy atom. The minimum absolute atomic E-state index is 0. The average Bonchev–Trinajstić information content (AvgIpc) is 3.03. The van der Waals surface area contributed by atoms with Crippen LogP contribution in [0.5, 0.6) is 5.75 Å². The van der Waals surface area contributed by atoms with Crippen molar-refractivity contribution in [1.29, 1.82) is 0 Å². The zero-order valence-corrected chi connectivity index (χ0v) is 21.1. The zero-order valence-electron chi connectivity index (χ0n) is 18.7. The molecule has 1 N–H and O–H groups in total. The lowest BCUT2D eigenvalue weighted by atomic mass is 10.2. The monoisotopic (exact) mass is 530 g/mol. The van der Waals surface area contributed by atoms with Crippen LogP contribution in [0.15, 0.2) is 29.3 Å². The van der Waals surface area contributed by atoms with E-state index in [1.807, 2.05) is 50.7 Å². The molecule has 9 heteroatoms. The number of nitrogens with one attached hydrogen (secondary N) is 1. The number of guanidine groups is 1. The molecule has 0 saturated carbocycles. The van der Waals surface area contributed by atoms with Crippen LogP contribution in [-0.2, 0) is 18.3 Å². The predicted octanol–water partition coefficient (Wildman–Crippen LogP) is 2.93. The fourth-order valence-electron chi connectivity index (χ4n) is 2.68. The molecule has 0 radical (unpaired) electrons. The molecule has 168 valence electrons. The number of hydrogen-bond acceptors (Lipinski definition) is 5. The number of ether oxygens (including phenoxy) is 2. The fourth-order valence-corrected chi connectivity index (χ4v) is 2.68. The molecule has 0 atom stereocenters. The van der Waals surface area contributed by atoms with Crippen LogP contribution in [0.1, 0.15) is 30.6 Å². The number of para-hydroxylation sites is 1. The first kappa shape index (κ1) is 26.2. The maximum atomic E-state index is 5.93. The minimum Gasteiger partial charge on any atom is -0.491 e. The third-order valence-electron chi connectivity index (χ3n) is 4.65. The van der Waals surface area contributed by atoms with E-state index in [1.165, 1.54) is 0 Å². The molecule has 0 unspecified atom stereocenters. The van der Waals surface area contributed by atoms with E-state index in [2.05, 4.69) is 33.4 Å². The standard InChI is InChI=1S/C21H34N6O2.HI/c1-6-28-14-9-12-22-21(23-16-20-25-24-18(3)27(20)5)26(4)13-15-29-19-11-8-7-10-17(19)2;/h7-8,10-11H,6,9,12-16H2,1-5H3,(H,22,23);1H. The number of rotatable bonds is 11. The number of likely N-dealkylation sites (N-methyl/N-ethyl adjacent to an activating group) is 1. The van der Waals surface area contributed by atoms with Gasteiger partial charge >= 0.3 is 0 Å². The Morgan fingerprint density at radius 1 is 1.20 bits per heavy atom. The van der Waals surface area contributed by atoms with Crippen LogP contribution in [0.25, 0.3) is 0 Å². The van der Waals surface area contributed by atoms with Gasteiger partial charge in [0.15, 0.2) is 11.8 Å². The van der Waals surface area contributed by atoms with E-state index in [4.69, 9.17) is 14.5 Å². The van der Waals surface area contributed by atoms with E-state index >= 15 is 0 Å². The first-order chi connectivity index (χ1) is 14.0. The second-order valence-corrected chi connectivity index (χ2v) is 6.88. The van der Waals surface area contributed by atoms with E-state index in [1.54, 1.807) is 0 Å². The van der Waals surface area contributed by atoms with Crippen molar-refractivity contribution >= 4 is 29.9 Å². The maximum absolute atomic E-state index is 5.93. The Bertz CT molecular complexity index is 781. The van der Waals surface area contributed by atoms with Crippen LogP contribution in [-0.4, -0.2) is 65.6 Å². The Morgan fingerprint density at radius 3 is 2.63 bits per heavy atom. The summed E-state index contributed by atoms with van der Waals surface area (Å²) in [7, 11) is 3.96. The molecule has 0 fully saturated rings. The molecule has 0 amide bonds. The molecule has 8 nitrogen and oxygen atoms in total. The minimum atomic E-state index is 0. The molecule has 1 aromatic carbocycles. The molecule has 0 bridgehead atoms.